The van der Waals surface area contributed by atoms with E-state index in [-0.39, 0.29) is 0 Å². The van der Waals surface area contributed by atoms with E-state index in [1.54, 1.807) is 6.92 Å². The second kappa shape index (κ2) is 11.4. The van der Waals surface area contributed by atoms with Gasteiger partial charge in [-0.2, -0.15) is 0 Å². The van der Waals surface area contributed by atoms with Crippen LogP contribution in [0.5, 0.6) is 0 Å². The van der Waals surface area contributed by atoms with Crippen molar-refractivity contribution >= 4 is 11.9 Å². The molecule has 0 aromatic heterocycles. The van der Waals surface area contributed by atoms with Crippen LogP contribution < -0.4 is 0 Å². The van der Waals surface area contributed by atoms with Crippen LogP contribution >= 0.6 is 0 Å². The minimum atomic E-state index is -2.03. The van der Waals surface area contributed by atoms with Crippen molar-refractivity contribution in [2.45, 2.75) is 109 Å². The Bertz CT molecular complexity index is 627. The van der Waals surface area contributed by atoms with Crippen molar-refractivity contribution in [2.75, 3.05) is 0 Å². The number of aliphatic hydroxyl groups excluding tert-OH is 3. The lowest BCUT2D eigenvalue weighted by Crippen LogP contribution is -2.58. The van der Waals surface area contributed by atoms with Crippen LogP contribution in [0.2, 0.25) is 0 Å². The van der Waals surface area contributed by atoms with Crippen molar-refractivity contribution in [1.29, 1.82) is 0 Å². The number of carbonyl (C=O) groups excluding carboxylic acids is 2. The summed E-state index contributed by atoms with van der Waals surface area (Å²) in [6.07, 6.45) is 2.04. The molecule has 1 saturated heterocycles. The third kappa shape index (κ3) is 7.27. The normalized spacial score (nSPS) is 35.0. The molecule has 0 aromatic rings. The highest BCUT2D eigenvalue weighted by Gasteiger charge is 2.53. The monoisotopic (exact) mass is 444 g/mol. The lowest BCUT2D eigenvalue weighted by atomic mass is 9.77. The van der Waals surface area contributed by atoms with Gasteiger partial charge in [0.05, 0.1) is 24.2 Å². The molecule has 0 saturated carbocycles. The van der Waals surface area contributed by atoms with E-state index in [1.807, 2.05) is 0 Å². The van der Waals surface area contributed by atoms with Gasteiger partial charge in [-0.15, -0.1) is 0 Å². The Hall–Kier alpha value is -1.48. The van der Waals surface area contributed by atoms with Crippen LogP contribution in [0, 0.1) is 11.8 Å². The first-order valence-corrected chi connectivity index (χ1v) is 11.1. The van der Waals surface area contributed by atoms with Gasteiger partial charge in [-0.25, -0.2) is 4.79 Å². The van der Waals surface area contributed by atoms with Gasteiger partial charge in [0.1, 0.15) is 17.3 Å². The summed E-state index contributed by atoms with van der Waals surface area (Å²) in [7, 11) is 0. The van der Waals surface area contributed by atoms with Crippen LogP contribution in [-0.2, 0) is 19.1 Å². The van der Waals surface area contributed by atoms with Gasteiger partial charge in [0.25, 0.3) is 0 Å². The highest BCUT2D eigenvalue weighted by molar-refractivity contribution is 5.82. The van der Waals surface area contributed by atoms with Crippen molar-refractivity contribution in [3.8, 4) is 0 Å². The molecule has 4 N–H and O–H groups in total. The maximum absolute atomic E-state index is 12.5. The molecule has 7 atom stereocenters. The Balaban J connectivity index is 3.00. The quantitative estimate of drug-likeness (QED) is 0.253. The molecule has 31 heavy (non-hydrogen) atoms. The Labute approximate surface area is 185 Å². The highest BCUT2D eigenvalue weighted by Crippen LogP contribution is 2.36. The fourth-order valence-corrected chi connectivity index (χ4v) is 4.03. The molecule has 0 amide bonds. The van der Waals surface area contributed by atoms with Crippen molar-refractivity contribution in [1.82, 2.24) is 0 Å². The van der Waals surface area contributed by atoms with Gasteiger partial charge >= 0.3 is 11.9 Å². The van der Waals surface area contributed by atoms with Crippen LogP contribution in [0.1, 0.15) is 73.6 Å². The van der Waals surface area contributed by atoms with E-state index >= 15 is 0 Å². The van der Waals surface area contributed by atoms with Crippen LogP contribution in [0.15, 0.2) is 12.2 Å². The molecule has 8 nitrogen and oxygen atoms in total. The van der Waals surface area contributed by atoms with Crippen LogP contribution in [0.4, 0.5) is 0 Å². The number of carbonyl (C=O) groups is 2. The molecule has 1 fully saturated rings. The van der Waals surface area contributed by atoms with Gasteiger partial charge in [0.2, 0.25) is 0 Å². The molecule has 0 spiro atoms. The summed E-state index contributed by atoms with van der Waals surface area (Å²) >= 11 is 0. The molecular weight excluding hydrogens is 404 g/mol. The molecule has 1 aliphatic heterocycles. The molecule has 0 radical (unpaired) electrons. The second-order valence-corrected chi connectivity index (χ2v) is 9.42. The number of hydrogen-bond acceptors (Lipinski definition) is 8. The molecule has 7 unspecified atom stereocenters. The third-order valence-corrected chi connectivity index (χ3v) is 6.12. The summed E-state index contributed by atoms with van der Waals surface area (Å²) in [4.78, 5) is 24.9. The Morgan fingerprint density at radius 1 is 1.16 bits per heavy atom. The molecule has 0 bridgehead atoms. The summed E-state index contributed by atoms with van der Waals surface area (Å²) in [6.45, 7) is 9.35. The fraction of sp³-hybridized carbons (Fsp3) is 0.826. The molecule has 8 heteroatoms. The number of ether oxygens (including phenoxy) is 2. The zero-order valence-corrected chi connectivity index (χ0v) is 19.6. The van der Waals surface area contributed by atoms with Crippen molar-refractivity contribution in [3.63, 3.8) is 0 Å². The first-order valence-electron chi connectivity index (χ1n) is 11.1. The number of hydrogen-bond donors (Lipinski definition) is 4. The summed E-state index contributed by atoms with van der Waals surface area (Å²) in [5.41, 5.74) is -3.37. The van der Waals surface area contributed by atoms with E-state index in [0.29, 0.717) is 6.42 Å². The molecule has 1 rings (SSSR count). The number of cyclic esters (lactones) is 1. The smallest absolute Gasteiger partial charge is 0.330 e. The van der Waals surface area contributed by atoms with Crippen molar-refractivity contribution in [3.05, 3.63) is 12.2 Å². The number of aliphatic hydroxyl groups is 4. The standard InChI is InChI=1S/C23H40O8/c1-7-8-9-10-11-16(24)12-13-17(25)30-20-14(2)18(26)23(6,29)19(27)15(3)21(28)31-22(20,4)5/h12-16,18-20,24,26-27,29H,7-11H2,1-6H3. The average molecular weight is 445 g/mol. The van der Waals surface area contributed by atoms with Crippen LogP contribution in [0.25, 0.3) is 0 Å². The van der Waals surface area contributed by atoms with E-state index in [9.17, 15) is 30.0 Å². The predicted octanol–water partition coefficient (Wildman–Crippen LogP) is 1.87. The SMILES string of the molecule is CCCCCCC(O)C=CC(=O)OC1C(C)C(O)C(C)(O)C(O)C(C)C(=O)OC1(C)C. The van der Waals surface area contributed by atoms with Gasteiger partial charge in [-0.05, 0) is 40.2 Å². The number of rotatable bonds is 8. The minimum absolute atomic E-state index is 0.532. The second-order valence-electron chi connectivity index (χ2n) is 9.42. The first kappa shape index (κ1) is 27.6. The van der Waals surface area contributed by atoms with Gasteiger partial charge in [-0.3, -0.25) is 4.79 Å². The maximum Gasteiger partial charge on any atom is 0.330 e. The van der Waals surface area contributed by atoms with Gasteiger partial charge < -0.3 is 29.9 Å². The lowest BCUT2D eigenvalue weighted by molar-refractivity contribution is -0.192. The summed E-state index contributed by atoms with van der Waals surface area (Å²) < 4.78 is 11.0. The van der Waals surface area contributed by atoms with Crippen LogP contribution in [0.3, 0.4) is 0 Å². The van der Waals surface area contributed by atoms with E-state index in [4.69, 9.17) is 9.47 Å². The Morgan fingerprint density at radius 3 is 2.35 bits per heavy atom. The largest absolute Gasteiger partial charge is 0.455 e. The topological polar surface area (TPSA) is 134 Å². The Morgan fingerprint density at radius 2 is 1.77 bits per heavy atom. The zero-order valence-electron chi connectivity index (χ0n) is 19.6. The molecule has 0 aliphatic carbocycles. The molecule has 1 aliphatic rings. The van der Waals surface area contributed by atoms with Crippen LogP contribution in [-0.4, -0.2) is 68.0 Å². The van der Waals surface area contributed by atoms with E-state index < -0.39 is 59.4 Å². The summed E-state index contributed by atoms with van der Waals surface area (Å²) in [5.74, 6) is -3.53. The number of unbranched alkanes of at least 4 members (excludes halogenated alkanes) is 3. The maximum atomic E-state index is 12.5. The minimum Gasteiger partial charge on any atom is -0.455 e. The fourth-order valence-electron chi connectivity index (χ4n) is 4.03. The Kier molecular flexibility index (Phi) is 10.1. The van der Waals surface area contributed by atoms with E-state index in [2.05, 4.69) is 6.92 Å². The molecule has 1 heterocycles. The van der Waals surface area contributed by atoms with Crippen molar-refractivity contribution in [2.24, 2.45) is 11.8 Å². The average Bonchev–Trinajstić information content (AvgIpc) is 2.70. The first-order chi connectivity index (χ1) is 14.3. The zero-order chi connectivity index (χ0) is 24.0. The van der Waals surface area contributed by atoms with E-state index in [1.165, 1.54) is 33.8 Å². The highest BCUT2D eigenvalue weighted by atomic mass is 16.6. The van der Waals surface area contributed by atoms with E-state index in [0.717, 1.165) is 31.8 Å². The molecule has 180 valence electrons. The third-order valence-electron chi connectivity index (χ3n) is 6.12. The van der Waals surface area contributed by atoms with Gasteiger partial charge in [0, 0.05) is 12.0 Å². The summed E-state index contributed by atoms with van der Waals surface area (Å²) in [5, 5.41) is 41.9. The molecule has 0 aromatic carbocycles. The predicted molar refractivity (Wildman–Crippen MR) is 115 cm³/mol. The lowest BCUT2D eigenvalue weighted by Gasteiger charge is -2.41. The van der Waals surface area contributed by atoms with Crippen molar-refractivity contribution < 1.29 is 39.5 Å². The van der Waals surface area contributed by atoms with Gasteiger partial charge in [-0.1, -0.05) is 39.5 Å². The van der Waals surface area contributed by atoms with Gasteiger partial charge in [0.15, 0.2) is 0 Å². The summed E-state index contributed by atoms with van der Waals surface area (Å²) in [6, 6.07) is 0. The molecular formula is C23H40O8. The number of esters is 2.